The SMILES string of the molecule is c1ccc(-c2ccc(-c3ccccc3)c(N3c4ccccc4B4c5ccccc5N5c6ccccc6B6c7ccccc7Nc7cc3c4c5c76)c2)cc1. The zero-order chi connectivity index (χ0) is 34.6. The van der Waals surface area contributed by atoms with Crippen molar-refractivity contribution in [2.45, 2.75) is 0 Å². The Hall–Kier alpha value is -6.71. The second-order valence-electron chi connectivity index (χ2n) is 14.5. The summed E-state index contributed by atoms with van der Waals surface area (Å²) in [5.41, 5.74) is 22.6. The average Bonchev–Trinajstić information content (AvgIpc) is 3.23. The van der Waals surface area contributed by atoms with Gasteiger partial charge >= 0.3 is 0 Å². The van der Waals surface area contributed by atoms with E-state index in [1.807, 2.05) is 0 Å². The molecule has 5 heteroatoms. The Morgan fingerprint density at radius 1 is 0.340 bits per heavy atom. The maximum Gasteiger partial charge on any atom is 0.252 e. The predicted molar refractivity (Wildman–Crippen MR) is 226 cm³/mol. The van der Waals surface area contributed by atoms with Gasteiger partial charge < -0.3 is 15.1 Å². The molecule has 53 heavy (non-hydrogen) atoms. The van der Waals surface area contributed by atoms with Gasteiger partial charge in [-0.15, -0.1) is 0 Å². The third-order valence-corrected chi connectivity index (χ3v) is 11.8. The molecule has 4 aliphatic heterocycles. The highest BCUT2D eigenvalue weighted by Crippen LogP contribution is 2.49. The highest BCUT2D eigenvalue weighted by Gasteiger charge is 2.50. The summed E-state index contributed by atoms with van der Waals surface area (Å²) in [4.78, 5) is 5.14. The molecule has 244 valence electrons. The van der Waals surface area contributed by atoms with Gasteiger partial charge in [0.15, 0.2) is 0 Å². The molecule has 0 aliphatic carbocycles. The minimum atomic E-state index is 0.0748. The van der Waals surface area contributed by atoms with Crippen LogP contribution in [0.2, 0.25) is 0 Å². The van der Waals surface area contributed by atoms with E-state index in [2.05, 4.69) is 197 Å². The largest absolute Gasteiger partial charge is 0.356 e. The molecule has 3 nitrogen and oxygen atoms in total. The molecule has 0 aromatic heterocycles. The van der Waals surface area contributed by atoms with Gasteiger partial charge in [0.1, 0.15) is 0 Å². The molecule has 0 amide bonds. The van der Waals surface area contributed by atoms with E-state index in [9.17, 15) is 0 Å². The first-order valence-electron chi connectivity index (χ1n) is 18.5. The summed E-state index contributed by atoms with van der Waals surface area (Å²) >= 11 is 0. The van der Waals surface area contributed by atoms with Crippen LogP contribution in [0.1, 0.15) is 0 Å². The molecule has 8 aromatic carbocycles. The van der Waals surface area contributed by atoms with Crippen molar-refractivity contribution < 1.29 is 0 Å². The van der Waals surface area contributed by atoms with E-state index in [1.165, 1.54) is 101 Å². The molecule has 0 radical (unpaired) electrons. The summed E-state index contributed by atoms with van der Waals surface area (Å²) < 4.78 is 0. The van der Waals surface area contributed by atoms with Gasteiger partial charge in [0, 0.05) is 45.4 Å². The summed E-state index contributed by atoms with van der Waals surface area (Å²) in [6, 6.07) is 67.2. The van der Waals surface area contributed by atoms with Crippen LogP contribution in [0.4, 0.5) is 45.5 Å². The van der Waals surface area contributed by atoms with Crippen LogP contribution in [0.25, 0.3) is 22.3 Å². The van der Waals surface area contributed by atoms with Gasteiger partial charge in [0.25, 0.3) is 13.4 Å². The molecule has 4 heterocycles. The van der Waals surface area contributed by atoms with Crippen molar-refractivity contribution in [2.24, 2.45) is 0 Å². The van der Waals surface area contributed by atoms with E-state index in [1.54, 1.807) is 0 Å². The number of rotatable bonds is 3. The Bertz CT molecular complexity index is 2790. The first-order valence-corrected chi connectivity index (χ1v) is 18.5. The van der Waals surface area contributed by atoms with Gasteiger partial charge in [0.2, 0.25) is 0 Å². The van der Waals surface area contributed by atoms with Crippen LogP contribution in [0, 0.1) is 0 Å². The summed E-state index contributed by atoms with van der Waals surface area (Å²) in [5, 5.41) is 3.97. The fourth-order valence-electron chi connectivity index (χ4n) is 9.71. The standard InChI is InChI=1S/C48H31B2N3/c1-3-15-31(16-4-1)33-27-28-34(32-17-5-2-6-18-32)44(29-33)52-41-24-12-8-20-36(41)50-38-22-10-14-26-43(38)53-42-25-13-9-21-37(42)49-35-19-7-11-23-39(35)51-40-30-45(52)47(50)48(53)46(40)49/h1-30,51H. The number of hydrogen-bond acceptors (Lipinski definition) is 3. The van der Waals surface area contributed by atoms with Crippen molar-refractivity contribution in [2.75, 3.05) is 15.1 Å². The van der Waals surface area contributed by atoms with Gasteiger partial charge in [-0.3, -0.25) is 0 Å². The maximum atomic E-state index is 3.97. The van der Waals surface area contributed by atoms with E-state index < -0.39 is 0 Å². The first-order chi connectivity index (χ1) is 26.3. The molecule has 0 bridgehead atoms. The Morgan fingerprint density at radius 2 is 0.868 bits per heavy atom. The summed E-state index contributed by atoms with van der Waals surface area (Å²) in [6.45, 7) is 0.193. The van der Waals surface area contributed by atoms with Crippen LogP contribution in [-0.2, 0) is 0 Å². The number of fused-ring (bicyclic) bond motifs is 10. The Balaban J connectivity index is 1.22. The molecule has 0 fully saturated rings. The normalized spacial score (nSPS) is 13.7. The Labute approximate surface area is 310 Å². The smallest absolute Gasteiger partial charge is 0.252 e. The monoisotopic (exact) mass is 671 g/mol. The lowest BCUT2D eigenvalue weighted by Crippen LogP contribution is -2.68. The number of para-hydroxylation sites is 4. The minimum Gasteiger partial charge on any atom is -0.356 e. The first kappa shape index (κ1) is 28.9. The molecule has 0 atom stereocenters. The third kappa shape index (κ3) is 3.97. The number of nitrogens with one attached hydrogen (secondary N) is 1. The van der Waals surface area contributed by atoms with Crippen molar-refractivity contribution in [1.82, 2.24) is 0 Å². The molecule has 1 N–H and O–H groups in total. The number of hydrogen-bond donors (Lipinski definition) is 1. The van der Waals surface area contributed by atoms with E-state index >= 15 is 0 Å². The summed E-state index contributed by atoms with van der Waals surface area (Å²) in [5.74, 6) is 0. The van der Waals surface area contributed by atoms with Crippen molar-refractivity contribution in [3.63, 3.8) is 0 Å². The molecule has 4 aliphatic rings. The van der Waals surface area contributed by atoms with Gasteiger partial charge in [0.05, 0.1) is 5.69 Å². The van der Waals surface area contributed by atoms with E-state index in [4.69, 9.17) is 0 Å². The van der Waals surface area contributed by atoms with Gasteiger partial charge in [-0.05, 0) is 85.9 Å². The minimum absolute atomic E-state index is 0.0748. The van der Waals surface area contributed by atoms with E-state index in [0.717, 1.165) is 0 Å². The molecule has 12 rings (SSSR count). The van der Waals surface area contributed by atoms with E-state index in [-0.39, 0.29) is 13.4 Å². The van der Waals surface area contributed by atoms with Crippen molar-refractivity contribution in [1.29, 1.82) is 0 Å². The average molecular weight is 671 g/mol. The van der Waals surface area contributed by atoms with Crippen molar-refractivity contribution >= 4 is 91.7 Å². The lowest BCUT2D eigenvalue weighted by molar-refractivity contribution is 1.26. The maximum absolute atomic E-state index is 3.97. The Morgan fingerprint density at radius 3 is 1.53 bits per heavy atom. The van der Waals surface area contributed by atoms with Crippen molar-refractivity contribution in [3.05, 3.63) is 182 Å². The fourth-order valence-corrected chi connectivity index (χ4v) is 9.71. The quantitative estimate of drug-likeness (QED) is 0.192. The zero-order valence-corrected chi connectivity index (χ0v) is 28.9. The molecule has 0 saturated heterocycles. The predicted octanol–water partition coefficient (Wildman–Crippen LogP) is 7.99. The van der Waals surface area contributed by atoms with Gasteiger partial charge in [-0.1, -0.05) is 146 Å². The number of nitrogens with zero attached hydrogens (tertiary/aromatic N) is 2. The molecule has 0 spiro atoms. The molecular weight excluding hydrogens is 640 g/mol. The number of anilines is 8. The number of benzene rings is 8. The van der Waals surface area contributed by atoms with Crippen LogP contribution in [0.15, 0.2) is 182 Å². The Kier molecular flexibility index (Phi) is 5.95. The second kappa shape index (κ2) is 10.9. The van der Waals surface area contributed by atoms with Crippen LogP contribution >= 0.6 is 0 Å². The van der Waals surface area contributed by atoms with Crippen LogP contribution in [0.3, 0.4) is 0 Å². The molecule has 0 unspecified atom stereocenters. The van der Waals surface area contributed by atoms with Crippen molar-refractivity contribution in [3.8, 4) is 22.3 Å². The molecular formula is C48H31B2N3. The van der Waals surface area contributed by atoms with Crippen LogP contribution in [-0.4, -0.2) is 13.4 Å². The van der Waals surface area contributed by atoms with Crippen LogP contribution in [0.5, 0.6) is 0 Å². The lowest BCUT2D eigenvalue weighted by Gasteiger charge is -2.49. The van der Waals surface area contributed by atoms with Gasteiger partial charge in [-0.25, -0.2) is 0 Å². The highest BCUT2D eigenvalue weighted by atomic mass is 15.2. The lowest BCUT2D eigenvalue weighted by atomic mass is 9.29. The third-order valence-electron chi connectivity index (χ3n) is 11.8. The zero-order valence-electron chi connectivity index (χ0n) is 28.9. The van der Waals surface area contributed by atoms with Crippen LogP contribution < -0.4 is 47.9 Å². The second-order valence-corrected chi connectivity index (χ2v) is 14.5. The van der Waals surface area contributed by atoms with E-state index in [0.29, 0.717) is 0 Å². The topological polar surface area (TPSA) is 18.5 Å². The fraction of sp³-hybridized carbons (Fsp3) is 0. The van der Waals surface area contributed by atoms with Gasteiger partial charge in [-0.2, -0.15) is 0 Å². The summed E-state index contributed by atoms with van der Waals surface area (Å²) in [7, 11) is 0. The molecule has 8 aromatic rings. The summed E-state index contributed by atoms with van der Waals surface area (Å²) in [6.07, 6.45) is 0. The highest BCUT2D eigenvalue weighted by molar-refractivity contribution is 7.04. The molecule has 0 saturated carbocycles.